The van der Waals surface area contributed by atoms with Crippen LogP contribution in [-0.4, -0.2) is 26.9 Å². The van der Waals surface area contributed by atoms with Crippen molar-refractivity contribution >= 4 is 22.8 Å². The van der Waals surface area contributed by atoms with Gasteiger partial charge in [-0.3, -0.25) is 4.79 Å². The first-order chi connectivity index (χ1) is 7.58. The molecule has 0 fully saturated rings. The number of fused-ring (bicyclic) bond motifs is 1. The van der Waals surface area contributed by atoms with Crippen LogP contribution in [0.5, 0.6) is 0 Å². The van der Waals surface area contributed by atoms with E-state index in [9.17, 15) is 9.59 Å². The average Bonchev–Trinajstić information content (AvgIpc) is 2.60. The molecule has 0 unspecified atom stereocenters. The van der Waals surface area contributed by atoms with Gasteiger partial charge in [-0.15, -0.1) is 5.10 Å². The van der Waals surface area contributed by atoms with Crippen molar-refractivity contribution < 1.29 is 14.4 Å². The predicted molar refractivity (Wildman–Crippen MR) is 54.8 cm³/mol. The second-order valence-electron chi connectivity index (χ2n) is 3.30. The highest BCUT2D eigenvalue weighted by atomic mass is 16.7. The van der Waals surface area contributed by atoms with Crippen molar-refractivity contribution in [1.82, 2.24) is 15.2 Å². The Kier molecular flexibility index (Phi) is 2.40. The minimum atomic E-state index is -0.500. The van der Waals surface area contributed by atoms with E-state index < -0.39 is 5.97 Å². The molecule has 0 amide bonds. The molecule has 0 spiro atoms. The first-order valence-corrected chi connectivity index (χ1v) is 4.63. The van der Waals surface area contributed by atoms with Crippen LogP contribution < -0.4 is 4.84 Å². The predicted octanol–water partition coefficient (Wildman–Crippen LogP) is 0.609. The quantitative estimate of drug-likeness (QED) is 0.546. The standard InChI is InChI=1S/C10H9N3O3/c1-6(14)8-3-4-9-10(5-8)13(12-11-9)16-7(2)15/h3-5H,1-2H3. The molecule has 0 atom stereocenters. The van der Waals surface area contributed by atoms with E-state index in [4.69, 9.17) is 4.84 Å². The molecule has 0 N–H and O–H groups in total. The topological polar surface area (TPSA) is 74.1 Å². The van der Waals surface area contributed by atoms with Crippen molar-refractivity contribution in [2.75, 3.05) is 0 Å². The van der Waals surface area contributed by atoms with E-state index in [1.807, 2.05) is 0 Å². The molecule has 0 aliphatic carbocycles. The van der Waals surface area contributed by atoms with Crippen LogP contribution in [0.2, 0.25) is 0 Å². The van der Waals surface area contributed by atoms with Gasteiger partial charge in [0.2, 0.25) is 0 Å². The molecule has 1 aromatic heterocycles. The molecule has 0 radical (unpaired) electrons. The highest BCUT2D eigenvalue weighted by molar-refractivity contribution is 5.97. The van der Waals surface area contributed by atoms with Gasteiger partial charge in [0.25, 0.3) is 0 Å². The number of hydrogen-bond acceptors (Lipinski definition) is 5. The summed E-state index contributed by atoms with van der Waals surface area (Å²) in [6.45, 7) is 2.73. The molecule has 6 heteroatoms. The van der Waals surface area contributed by atoms with Crippen molar-refractivity contribution in [3.8, 4) is 0 Å². The second kappa shape index (κ2) is 3.73. The lowest BCUT2D eigenvalue weighted by molar-refractivity contribution is -0.142. The van der Waals surface area contributed by atoms with Gasteiger partial charge in [0.05, 0.1) is 0 Å². The maximum Gasteiger partial charge on any atom is 0.332 e. The molecule has 0 aliphatic heterocycles. The number of benzene rings is 1. The zero-order valence-electron chi connectivity index (χ0n) is 8.80. The van der Waals surface area contributed by atoms with E-state index in [1.165, 1.54) is 13.8 Å². The summed E-state index contributed by atoms with van der Waals surface area (Å²) in [6.07, 6.45) is 0. The van der Waals surface area contributed by atoms with Crippen molar-refractivity contribution in [1.29, 1.82) is 0 Å². The molecule has 0 saturated heterocycles. The van der Waals surface area contributed by atoms with Gasteiger partial charge in [-0.2, -0.15) is 0 Å². The summed E-state index contributed by atoms with van der Waals surface area (Å²) in [5, 5.41) is 7.44. The molecule has 0 aliphatic rings. The number of carbonyl (C=O) groups is 2. The Balaban J connectivity index is 2.55. The van der Waals surface area contributed by atoms with Crippen LogP contribution in [0.15, 0.2) is 18.2 Å². The Morgan fingerprint density at radius 1 is 1.31 bits per heavy atom. The van der Waals surface area contributed by atoms with Crippen molar-refractivity contribution in [2.24, 2.45) is 0 Å². The number of Topliss-reactive ketones (excluding diaryl/α,β-unsaturated/α-hetero) is 1. The smallest absolute Gasteiger partial charge is 0.318 e. The zero-order valence-corrected chi connectivity index (χ0v) is 8.80. The van der Waals surface area contributed by atoms with Crippen LogP contribution in [0.4, 0.5) is 0 Å². The summed E-state index contributed by atoms with van der Waals surface area (Å²) < 4.78 is 0. The Labute approximate surface area is 90.8 Å². The average molecular weight is 219 g/mol. The second-order valence-corrected chi connectivity index (χ2v) is 3.30. The molecular formula is C10H9N3O3. The van der Waals surface area contributed by atoms with Crippen LogP contribution in [0.1, 0.15) is 24.2 Å². The van der Waals surface area contributed by atoms with Gasteiger partial charge in [0, 0.05) is 12.5 Å². The monoisotopic (exact) mass is 219 g/mol. The molecule has 2 rings (SSSR count). The SMILES string of the molecule is CC(=O)On1nnc2ccc(C(C)=O)cc21. The molecule has 2 aromatic rings. The maximum absolute atomic E-state index is 11.2. The summed E-state index contributed by atoms with van der Waals surface area (Å²) in [6, 6.07) is 4.89. The fourth-order valence-corrected chi connectivity index (χ4v) is 1.31. The summed E-state index contributed by atoms with van der Waals surface area (Å²) in [5.41, 5.74) is 1.57. The summed E-state index contributed by atoms with van der Waals surface area (Å²) >= 11 is 0. The third-order valence-electron chi connectivity index (χ3n) is 2.04. The van der Waals surface area contributed by atoms with Gasteiger partial charge in [-0.1, -0.05) is 4.85 Å². The van der Waals surface area contributed by atoms with E-state index >= 15 is 0 Å². The molecular weight excluding hydrogens is 210 g/mol. The molecule has 82 valence electrons. The largest absolute Gasteiger partial charge is 0.332 e. The van der Waals surface area contributed by atoms with E-state index in [0.29, 0.717) is 16.6 Å². The molecule has 6 nitrogen and oxygen atoms in total. The lowest BCUT2D eigenvalue weighted by atomic mass is 10.1. The normalized spacial score (nSPS) is 10.4. The number of nitrogens with zero attached hydrogens (tertiary/aromatic N) is 3. The van der Waals surface area contributed by atoms with Gasteiger partial charge in [-0.25, -0.2) is 4.79 Å². The van der Waals surface area contributed by atoms with Gasteiger partial charge in [0.15, 0.2) is 5.78 Å². The third-order valence-corrected chi connectivity index (χ3v) is 2.04. The minimum Gasteiger partial charge on any atom is -0.318 e. The minimum absolute atomic E-state index is 0.0718. The van der Waals surface area contributed by atoms with E-state index in [0.717, 1.165) is 4.85 Å². The van der Waals surface area contributed by atoms with Crippen LogP contribution in [0.25, 0.3) is 11.0 Å². The first kappa shape index (κ1) is 10.3. The number of ketones is 1. The fourth-order valence-electron chi connectivity index (χ4n) is 1.31. The van der Waals surface area contributed by atoms with Gasteiger partial charge in [-0.05, 0) is 30.3 Å². The molecule has 16 heavy (non-hydrogen) atoms. The summed E-state index contributed by atoms with van der Waals surface area (Å²) in [7, 11) is 0. The fraction of sp³-hybridized carbons (Fsp3) is 0.200. The number of carbonyl (C=O) groups excluding carboxylic acids is 2. The molecule has 0 bridgehead atoms. The highest BCUT2D eigenvalue weighted by Gasteiger charge is 2.09. The molecule has 1 aromatic carbocycles. The van der Waals surface area contributed by atoms with Gasteiger partial charge < -0.3 is 4.84 Å². The Hall–Kier alpha value is -2.24. The van der Waals surface area contributed by atoms with Crippen LogP contribution in [0.3, 0.4) is 0 Å². The van der Waals surface area contributed by atoms with E-state index in [1.54, 1.807) is 18.2 Å². The maximum atomic E-state index is 11.2. The number of hydrogen-bond donors (Lipinski definition) is 0. The lowest BCUT2D eigenvalue weighted by Crippen LogP contribution is -2.17. The number of aromatic nitrogens is 3. The first-order valence-electron chi connectivity index (χ1n) is 4.63. The Morgan fingerprint density at radius 3 is 2.69 bits per heavy atom. The zero-order chi connectivity index (χ0) is 11.7. The summed E-state index contributed by atoms with van der Waals surface area (Å²) in [5.74, 6) is -0.572. The van der Waals surface area contributed by atoms with Gasteiger partial charge in [0.1, 0.15) is 11.0 Å². The third kappa shape index (κ3) is 1.77. The van der Waals surface area contributed by atoms with Crippen molar-refractivity contribution in [3.05, 3.63) is 23.8 Å². The van der Waals surface area contributed by atoms with Crippen LogP contribution in [-0.2, 0) is 4.79 Å². The van der Waals surface area contributed by atoms with Crippen molar-refractivity contribution in [2.45, 2.75) is 13.8 Å². The lowest BCUT2D eigenvalue weighted by Gasteiger charge is -2.00. The van der Waals surface area contributed by atoms with Crippen LogP contribution >= 0.6 is 0 Å². The Morgan fingerprint density at radius 2 is 2.06 bits per heavy atom. The highest BCUT2D eigenvalue weighted by Crippen LogP contribution is 2.13. The van der Waals surface area contributed by atoms with E-state index in [2.05, 4.69) is 10.3 Å². The van der Waals surface area contributed by atoms with Crippen LogP contribution in [0, 0.1) is 0 Å². The summed E-state index contributed by atoms with van der Waals surface area (Å²) in [4.78, 5) is 27.8. The Bertz CT molecular complexity index is 574. The molecule has 1 heterocycles. The van der Waals surface area contributed by atoms with E-state index in [-0.39, 0.29) is 5.78 Å². The van der Waals surface area contributed by atoms with Gasteiger partial charge >= 0.3 is 5.97 Å². The van der Waals surface area contributed by atoms with Crippen molar-refractivity contribution in [3.63, 3.8) is 0 Å². The molecule has 0 saturated carbocycles. The number of rotatable bonds is 2.